The van der Waals surface area contributed by atoms with E-state index in [1.165, 1.54) is 0 Å². The number of nitrogens with one attached hydrogen (secondary N) is 1. The second kappa shape index (κ2) is 13.5. The molecule has 3 heterocycles. The van der Waals surface area contributed by atoms with Gasteiger partial charge in [0.15, 0.2) is 0 Å². The number of carbonyl (C=O) groups is 2. The molecule has 7 nitrogen and oxygen atoms in total. The molecule has 6 rings (SSSR count). The maximum Gasteiger partial charge on any atom is 0.318 e. The number of rotatable bonds is 8. The molecule has 3 aliphatic heterocycles. The van der Waals surface area contributed by atoms with Crippen LogP contribution < -0.4 is 5.32 Å². The maximum absolute atomic E-state index is 13.3. The standard InChI is InChI=1S/C35H40Cl2N4O3/c36-30-14-13-29(23-31(30)37)35(26-41(32(42)25-44-35)24-27-9-3-1-4-10-27)17-22-39-20-15-34(16-21-39,28-11-5-2-6-12-28)38-33(43)40-18-7-8-19-40/h1-6,9-14,23H,7-8,15-22,24-26H2,(H,38,43). The van der Waals surface area contributed by atoms with Gasteiger partial charge in [0.25, 0.3) is 0 Å². The Hall–Kier alpha value is -3.10. The first-order chi connectivity index (χ1) is 21.4. The van der Waals surface area contributed by atoms with Crippen LogP contribution in [0.25, 0.3) is 0 Å². The Morgan fingerprint density at radius 3 is 2.20 bits per heavy atom. The number of carbonyl (C=O) groups excluding carboxylic acids is 2. The summed E-state index contributed by atoms with van der Waals surface area (Å²) in [4.78, 5) is 32.6. The van der Waals surface area contributed by atoms with Crippen molar-refractivity contribution in [3.63, 3.8) is 0 Å². The van der Waals surface area contributed by atoms with Crippen molar-refractivity contribution in [2.45, 2.75) is 49.8 Å². The predicted octanol–water partition coefficient (Wildman–Crippen LogP) is 6.43. The van der Waals surface area contributed by atoms with Crippen LogP contribution in [0.1, 0.15) is 48.8 Å². The first-order valence-electron chi connectivity index (χ1n) is 15.6. The topological polar surface area (TPSA) is 65.1 Å². The lowest BCUT2D eigenvalue weighted by atomic mass is 9.80. The fraction of sp³-hybridized carbons (Fsp3) is 0.429. The van der Waals surface area contributed by atoms with Crippen molar-refractivity contribution in [3.05, 3.63) is 106 Å². The van der Waals surface area contributed by atoms with E-state index in [0.717, 1.165) is 75.1 Å². The summed E-state index contributed by atoms with van der Waals surface area (Å²) >= 11 is 12.8. The van der Waals surface area contributed by atoms with E-state index in [1.807, 2.05) is 58.3 Å². The number of hydrogen-bond donors (Lipinski definition) is 1. The fourth-order valence-corrected chi connectivity index (χ4v) is 7.17. The van der Waals surface area contributed by atoms with Gasteiger partial charge in [-0.05, 0) is 60.9 Å². The van der Waals surface area contributed by atoms with Crippen molar-refractivity contribution >= 4 is 35.1 Å². The number of likely N-dealkylation sites (tertiary alicyclic amines) is 2. The van der Waals surface area contributed by atoms with Crippen molar-refractivity contribution < 1.29 is 14.3 Å². The number of amides is 3. The molecule has 3 aromatic rings. The molecule has 44 heavy (non-hydrogen) atoms. The molecule has 3 aromatic carbocycles. The van der Waals surface area contributed by atoms with Gasteiger partial charge in [-0.15, -0.1) is 0 Å². The molecule has 0 spiro atoms. The first kappa shape index (κ1) is 30.9. The number of piperidine rings is 1. The molecule has 0 saturated carbocycles. The van der Waals surface area contributed by atoms with Gasteiger partial charge >= 0.3 is 6.03 Å². The lowest BCUT2D eigenvalue weighted by molar-refractivity contribution is -0.169. The average Bonchev–Trinajstić information content (AvgIpc) is 3.60. The van der Waals surface area contributed by atoms with Crippen molar-refractivity contribution in [3.8, 4) is 0 Å². The lowest BCUT2D eigenvalue weighted by Crippen LogP contribution is -2.57. The number of halogens is 2. The third kappa shape index (κ3) is 6.76. The van der Waals surface area contributed by atoms with E-state index >= 15 is 0 Å². The Labute approximate surface area is 270 Å². The quantitative estimate of drug-likeness (QED) is 0.310. The van der Waals surface area contributed by atoms with E-state index in [2.05, 4.69) is 34.5 Å². The van der Waals surface area contributed by atoms with E-state index in [-0.39, 0.29) is 18.5 Å². The second-order valence-corrected chi connectivity index (χ2v) is 13.1. The van der Waals surface area contributed by atoms with Crippen LogP contribution in [-0.2, 0) is 27.2 Å². The minimum absolute atomic E-state index is 0.00668. The van der Waals surface area contributed by atoms with Crippen LogP contribution in [0, 0.1) is 0 Å². The Balaban J connectivity index is 1.19. The molecule has 1 N–H and O–H groups in total. The Morgan fingerprint density at radius 1 is 0.841 bits per heavy atom. The zero-order valence-electron chi connectivity index (χ0n) is 25.0. The molecular formula is C35H40Cl2N4O3. The maximum atomic E-state index is 13.3. The highest BCUT2D eigenvalue weighted by atomic mass is 35.5. The average molecular weight is 636 g/mol. The molecule has 3 saturated heterocycles. The third-order valence-corrected chi connectivity index (χ3v) is 10.3. The van der Waals surface area contributed by atoms with E-state index in [4.69, 9.17) is 27.9 Å². The van der Waals surface area contributed by atoms with Gasteiger partial charge in [-0.25, -0.2) is 4.79 Å². The highest BCUT2D eigenvalue weighted by Crippen LogP contribution is 2.39. The lowest BCUT2D eigenvalue weighted by Gasteiger charge is -2.46. The highest BCUT2D eigenvalue weighted by molar-refractivity contribution is 6.42. The summed E-state index contributed by atoms with van der Waals surface area (Å²) in [5.41, 5.74) is 2.03. The zero-order valence-corrected chi connectivity index (χ0v) is 26.5. The van der Waals surface area contributed by atoms with Crippen LogP contribution in [-0.4, -0.2) is 72.5 Å². The molecule has 232 valence electrons. The largest absolute Gasteiger partial charge is 0.359 e. The second-order valence-electron chi connectivity index (χ2n) is 12.3. The van der Waals surface area contributed by atoms with Crippen LogP contribution in [0.4, 0.5) is 4.79 Å². The van der Waals surface area contributed by atoms with Crippen LogP contribution in [0.15, 0.2) is 78.9 Å². The molecule has 1 unspecified atom stereocenters. The monoisotopic (exact) mass is 634 g/mol. The van der Waals surface area contributed by atoms with Crippen molar-refractivity contribution in [1.29, 1.82) is 0 Å². The normalized spacial score (nSPS) is 22.3. The van der Waals surface area contributed by atoms with Crippen molar-refractivity contribution in [1.82, 2.24) is 20.0 Å². The van der Waals surface area contributed by atoms with Gasteiger partial charge in [-0.3, -0.25) is 4.79 Å². The molecule has 0 aliphatic carbocycles. The van der Waals surface area contributed by atoms with Crippen LogP contribution in [0.2, 0.25) is 10.0 Å². The SMILES string of the molecule is O=C1COC(CCN2CCC(NC(=O)N3CCCC3)(c3ccccc3)CC2)(c2ccc(Cl)c(Cl)c2)CN1Cc1ccccc1. The summed E-state index contributed by atoms with van der Waals surface area (Å²) in [6.45, 7) is 5.04. The van der Waals surface area contributed by atoms with Gasteiger partial charge in [-0.2, -0.15) is 0 Å². The molecule has 0 radical (unpaired) electrons. The molecule has 0 bridgehead atoms. The number of morpholine rings is 1. The molecule has 3 aliphatic rings. The highest BCUT2D eigenvalue weighted by Gasteiger charge is 2.43. The predicted molar refractivity (Wildman–Crippen MR) is 174 cm³/mol. The summed E-state index contributed by atoms with van der Waals surface area (Å²) in [7, 11) is 0. The van der Waals surface area contributed by atoms with Gasteiger partial charge in [-0.1, -0.05) is 89.9 Å². The van der Waals surface area contributed by atoms with Crippen LogP contribution in [0.5, 0.6) is 0 Å². The molecular weight excluding hydrogens is 595 g/mol. The Kier molecular flexibility index (Phi) is 9.48. The number of benzene rings is 3. The zero-order chi connectivity index (χ0) is 30.6. The Morgan fingerprint density at radius 2 is 1.52 bits per heavy atom. The summed E-state index contributed by atoms with van der Waals surface area (Å²) in [5.74, 6) is -0.0242. The summed E-state index contributed by atoms with van der Waals surface area (Å²) in [6, 6.07) is 26.1. The van der Waals surface area contributed by atoms with Gasteiger partial charge in [0.05, 0.1) is 22.1 Å². The molecule has 0 aromatic heterocycles. The molecule has 1 atom stereocenters. The molecule has 3 fully saturated rings. The molecule has 3 amide bonds. The van der Waals surface area contributed by atoms with E-state index in [0.29, 0.717) is 29.6 Å². The third-order valence-electron chi connectivity index (χ3n) is 9.54. The van der Waals surface area contributed by atoms with Gasteiger partial charge in [0.2, 0.25) is 5.91 Å². The fourth-order valence-electron chi connectivity index (χ4n) is 6.87. The first-order valence-corrected chi connectivity index (χ1v) is 16.4. The minimum atomic E-state index is -0.727. The number of ether oxygens (including phenoxy) is 1. The Bertz CT molecular complexity index is 1440. The van der Waals surface area contributed by atoms with Gasteiger partial charge < -0.3 is 24.8 Å². The van der Waals surface area contributed by atoms with Crippen molar-refractivity contribution in [2.75, 3.05) is 45.9 Å². The minimum Gasteiger partial charge on any atom is -0.359 e. The summed E-state index contributed by atoms with van der Waals surface area (Å²) in [5, 5.41) is 4.42. The van der Waals surface area contributed by atoms with Crippen LogP contribution in [0.3, 0.4) is 0 Å². The molecule has 9 heteroatoms. The van der Waals surface area contributed by atoms with Crippen molar-refractivity contribution in [2.24, 2.45) is 0 Å². The van der Waals surface area contributed by atoms with Gasteiger partial charge in [0, 0.05) is 39.3 Å². The van der Waals surface area contributed by atoms with E-state index < -0.39 is 11.1 Å². The smallest absolute Gasteiger partial charge is 0.318 e. The summed E-state index contributed by atoms with van der Waals surface area (Å²) in [6.07, 6.45) is 4.45. The van der Waals surface area contributed by atoms with E-state index in [1.54, 1.807) is 6.07 Å². The number of urea groups is 1. The van der Waals surface area contributed by atoms with Gasteiger partial charge in [0.1, 0.15) is 12.2 Å². The number of hydrogen-bond acceptors (Lipinski definition) is 4. The van der Waals surface area contributed by atoms with Crippen LogP contribution >= 0.6 is 23.2 Å². The van der Waals surface area contributed by atoms with E-state index in [9.17, 15) is 9.59 Å². The number of nitrogens with zero attached hydrogens (tertiary/aromatic N) is 3. The summed E-state index contributed by atoms with van der Waals surface area (Å²) < 4.78 is 6.46.